The summed E-state index contributed by atoms with van der Waals surface area (Å²) in [6.07, 6.45) is 9.35. The van der Waals surface area contributed by atoms with Crippen molar-refractivity contribution in [2.45, 2.75) is 78.6 Å². The van der Waals surface area contributed by atoms with E-state index in [2.05, 4.69) is 25.9 Å². The van der Waals surface area contributed by atoms with E-state index in [0.29, 0.717) is 5.92 Å². The zero-order valence-corrected chi connectivity index (χ0v) is 11.9. The maximum absolute atomic E-state index is 5.20. The second kappa shape index (κ2) is 7.52. The van der Waals surface area contributed by atoms with Crippen molar-refractivity contribution >= 4 is 0 Å². The van der Waals surface area contributed by atoms with Crippen LogP contribution in [0.1, 0.15) is 81.7 Å². The monoisotopic (exact) mass is 237 g/mol. The number of aromatic nitrogens is 1. The average molecular weight is 237 g/mol. The summed E-state index contributed by atoms with van der Waals surface area (Å²) in [5.74, 6) is 1.66. The molecule has 0 saturated heterocycles. The Labute approximate surface area is 106 Å². The molecule has 0 atom stereocenters. The van der Waals surface area contributed by atoms with Crippen LogP contribution in [0.25, 0.3) is 0 Å². The minimum Gasteiger partial charge on any atom is -0.361 e. The predicted octanol–water partition coefficient (Wildman–Crippen LogP) is 5.15. The Kier molecular flexibility index (Phi) is 6.31. The highest BCUT2D eigenvalue weighted by molar-refractivity contribution is 5.23. The number of aryl methyl sites for hydroxylation is 1. The summed E-state index contributed by atoms with van der Waals surface area (Å²) in [6.45, 7) is 8.48. The Bertz CT molecular complexity index is 309. The van der Waals surface area contributed by atoms with Crippen LogP contribution in [0, 0.1) is 13.8 Å². The van der Waals surface area contributed by atoms with Gasteiger partial charge in [0.25, 0.3) is 0 Å². The molecule has 2 nitrogen and oxygen atoms in total. The largest absolute Gasteiger partial charge is 0.361 e. The van der Waals surface area contributed by atoms with Crippen LogP contribution in [-0.2, 0) is 0 Å². The van der Waals surface area contributed by atoms with Crippen LogP contribution < -0.4 is 0 Å². The lowest BCUT2D eigenvalue weighted by atomic mass is 9.85. The van der Waals surface area contributed by atoms with Gasteiger partial charge in [0.15, 0.2) is 0 Å². The lowest BCUT2D eigenvalue weighted by molar-refractivity contribution is 0.367. The predicted molar refractivity (Wildman–Crippen MR) is 72.4 cm³/mol. The zero-order chi connectivity index (χ0) is 12.7. The molecule has 1 aliphatic carbocycles. The molecule has 1 aromatic heterocycles. The second-order valence-electron chi connectivity index (χ2n) is 5.08. The standard InChI is InChI=1S/C11H17NO.C4H10/c1-8-9(2)13-12-11(8)10-6-4-3-5-7-10;1-3-4-2/h10H,3-7H2,1-2H3;3-4H2,1-2H3. The molecule has 1 heterocycles. The Morgan fingerprint density at radius 1 is 1.06 bits per heavy atom. The summed E-state index contributed by atoms with van der Waals surface area (Å²) in [7, 11) is 0. The van der Waals surface area contributed by atoms with Crippen molar-refractivity contribution in [2.24, 2.45) is 0 Å². The van der Waals surface area contributed by atoms with Gasteiger partial charge in [-0.15, -0.1) is 0 Å². The maximum Gasteiger partial charge on any atom is 0.136 e. The molecule has 0 radical (unpaired) electrons. The maximum atomic E-state index is 5.20. The Morgan fingerprint density at radius 2 is 1.65 bits per heavy atom. The van der Waals surface area contributed by atoms with Crippen LogP contribution in [0.2, 0.25) is 0 Å². The summed E-state index contributed by atoms with van der Waals surface area (Å²) in [5.41, 5.74) is 2.49. The molecular formula is C15H27NO. The third-order valence-electron chi connectivity index (χ3n) is 3.69. The third kappa shape index (κ3) is 4.18. The van der Waals surface area contributed by atoms with Crippen LogP contribution in [-0.4, -0.2) is 5.16 Å². The van der Waals surface area contributed by atoms with E-state index in [9.17, 15) is 0 Å². The molecular weight excluding hydrogens is 210 g/mol. The van der Waals surface area contributed by atoms with Gasteiger partial charge in [-0.2, -0.15) is 0 Å². The molecule has 1 fully saturated rings. The molecule has 2 rings (SSSR count). The van der Waals surface area contributed by atoms with Crippen molar-refractivity contribution in [2.75, 3.05) is 0 Å². The molecule has 0 amide bonds. The molecule has 0 N–H and O–H groups in total. The summed E-state index contributed by atoms with van der Waals surface area (Å²) >= 11 is 0. The van der Waals surface area contributed by atoms with E-state index in [1.54, 1.807) is 0 Å². The minimum absolute atomic E-state index is 0.672. The Hall–Kier alpha value is -0.790. The zero-order valence-electron chi connectivity index (χ0n) is 11.9. The molecule has 0 aromatic carbocycles. The van der Waals surface area contributed by atoms with E-state index in [4.69, 9.17) is 4.52 Å². The molecule has 98 valence electrons. The van der Waals surface area contributed by atoms with Gasteiger partial charge in [-0.05, 0) is 26.7 Å². The molecule has 2 heteroatoms. The van der Waals surface area contributed by atoms with Gasteiger partial charge in [-0.1, -0.05) is 51.1 Å². The van der Waals surface area contributed by atoms with Gasteiger partial charge in [-0.25, -0.2) is 0 Å². The summed E-state index contributed by atoms with van der Waals surface area (Å²) in [4.78, 5) is 0. The molecule has 0 bridgehead atoms. The number of unbranched alkanes of at least 4 members (excludes halogenated alkanes) is 1. The summed E-state index contributed by atoms with van der Waals surface area (Å²) < 4.78 is 5.20. The number of hydrogen-bond donors (Lipinski definition) is 0. The first-order valence-corrected chi connectivity index (χ1v) is 7.13. The van der Waals surface area contributed by atoms with Gasteiger partial charge in [0, 0.05) is 11.5 Å². The van der Waals surface area contributed by atoms with Crippen molar-refractivity contribution in [1.82, 2.24) is 5.16 Å². The Balaban J connectivity index is 0.000000317. The van der Waals surface area contributed by atoms with Crippen molar-refractivity contribution in [1.29, 1.82) is 0 Å². The van der Waals surface area contributed by atoms with Gasteiger partial charge in [0.1, 0.15) is 5.76 Å². The number of hydrogen-bond acceptors (Lipinski definition) is 2. The van der Waals surface area contributed by atoms with Crippen molar-refractivity contribution in [3.63, 3.8) is 0 Å². The van der Waals surface area contributed by atoms with Crippen LogP contribution in [0.15, 0.2) is 4.52 Å². The summed E-state index contributed by atoms with van der Waals surface area (Å²) in [6, 6.07) is 0. The van der Waals surface area contributed by atoms with Crippen molar-refractivity contribution in [3.8, 4) is 0 Å². The van der Waals surface area contributed by atoms with Gasteiger partial charge < -0.3 is 4.52 Å². The van der Waals surface area contributed by atoms with Gasteiger partial charge in [0.05, 0.1) is 5.69 Å². The van der Waals surface area contributed by atoms with Crippen LogP contribution >= 0.6 is 0 Å². The molecule has 0 aliphatic heterocycles. The fourth-order valence-electron chi connectivity index (χ4n) is 2.19. The molecule has 17 heavy (non-hydrogen) atoms. The SMILES string of the molecule is CCCC.Cc1onc(C2CCCCC2)c1C. The van der Waals surface area contributed by atoms with Crippen molar-refractivity contribution < 1.29 is 4.52 Å². The number of rotatable bonds is 2. The van der Waals surface area contributed by atoms with Crippen LogP contribution in [0.3, 0.4) is 0 Å². The van der Waals surface area contributed by atoms with Crippen molar-refractivity contribution in [3.05, 3.63) is 17.0 Å². The molecule has 1 aromatic rings. The van der Waals surface area contributed by atoms with Crippen LogP contribution in [0.4, 0.5) is 0 Å². The van der Waals surface area contributed by atoms with Crippen LogP contribution in [0.5, 0.6) is 0 Å². The fourth-order valence-corrected chi connectivity index (χ4v) is 2.19. The van der Waals surface area contributed by atoms with Gasteiger partial charge >= 0.3 is 0 Å². The first-order valence-electron chi connectivity index (χ1n) is 7.13. The molecule has 0 spiro atoms. The normalized spacial score (nSPS) is 16.5. The quantitative estimate of drug-likeness (QED) is 0.711. The highest BCUT2D eigenvalue weighted by Gasteiger charge is 2.21. The lowest BCUT2D eigenvalue weighted by Crippen LogP contribution is -2.06. The third-order valence-corrected chi connectivity index (χ3v) is 3.69. The Morgan fingerprint density at radius 3 is 2.06 bits per heavy atom. The first kappa shape index (κ1) is 14.3. The van der Waals surface area contributed by atoms with E-state index < -0.39 is 0 Å². The molecule has 0 unspecified atom stereocenters. The smallest absolute Gasteiger partial charge is 0.136 e. The first-order chi connectivity index (χ1) is 8.20. The van der Waals surface area contributed by atoms with Gasteiger partial charge in [-0.3, -0.25) is 0 Å². The fraction of sp³-hybridized carbons (Fsp3) is 0.800. The average Bonchev–Trinajstić information content (AvgIpc) is 2.71. The lowest BCUT2D eigenvalue weighted by Gasteiger charge is -2.19. The summed E-state index contributed by atoms with van der Waals surface area (Å²) in [5, 5.41) is 4.16. The van der Waals surface area contributed by atoms with E-state index >= 15 is 0 Å². The number of nitrogens with zero attached hydrogens (tertiary/aromatic N) is 1. The van der Waals surface area contributed by atoms with E-state index in [1.165, 1.54) is 56.2 Å². The highest BCUT2D eigenvalue weighted by Crippen LogP contribution is 2.34. The molecule has 1 saturated carbocycles. The highest BCUT2D eigenvalue weighted by atomic mass is 16.5. The van der Waals surface area contributed by atoms with E-state index in [1.807, 2.05) is 6.92 Å². The van der Waals surface area contributed by atoms with E-state index in [0.717, 1.165) is 5.76 Å². The van der Waals surface area contributed by atoms with E-state index in [-0.39, 0.29) is 0 Å². The topological polar surface area (TPSA) is 26.0 Å². The minimum atomic E-state index is 0.672. The second-order valence-corrected chi connectivity index (χ2v) is 5.08. The van der Waals surface area contributed by atoms with Gasteiger partial charge in [0.2, 0.25) is 0 Å². The molecule has 1 aliphatic rings.